The Balaban J connectivity index is 0.00000616. The van der Waals surface area contributed by atoms with Crippen LogP contribution in [0.2, 0.25) is 10.0 Å². The lowest BCUT2D eigenvalue weighted by Gasteiger charge is -2.27. The van der Waals surface area contributed by atoms with Gasteiger partial charge in [-0.3, -0.25) is 14.4 Å². The van der Waals surface area contributed by atoms with E-state index >= 15 is 0 Å². The number of rotatable bonds is 7. The molecular weight excluding hydrogens is 615 g/mol. The molecule has 230 valence electrons. The number of hydrogen-bond acceptors (Lipinski definition) is 3. The molecule has 2 atom stereocenters. The molecule has 1 saturated heterocycles. The molecule has 2 aromatic rings. The average molecular weight is 642 g/mol. The highest BCUT2D eigenvalue weighted by atomic mass is 35.5. The zero-order valence-electron chi connectivity index (χ0n) is 22.0. The second-order valence-electron chi connectivity index (χ2n) is 9.44. The lowest BCUT2D eigenvalue weighted by molar-refractivity contribution is -0.143. The van der Waals surface area contributed by atoms with Crippen molar-refractivity contribution in [2.24, 2.45) is 0 Å². The molecule has 0 spiro atoms. The number of alkyl halides is 6. The third kappa shape index (κ3) is 9.36. The summed E-state index contributed by atoms with van der Waals surface area (Å²) in [6.45, 7) is 0.477. The number of nitrogens with one attached hydrogen (secondary N) is 2. The van der Waals surface area contributed by atoms with E-state index in [4.69, 9.17) is 23.2 Å². The van der Waals surface area contributed by atoms with Gasteiger partial charge in [-0.25, -0.2) is 0 Å². The van der Waals surface area contributed by atoms with Crippen molar-refractivity contribution in [3.05, 3.63) is 80.8 Å². The lowest BCUT2D eigenvalue weighted by atomic mass is 10.0. The second-order valence-corrected chi connectivity index (χ2v) is 10.3. The van der Waals surface area contributed by atoms with Crippen LogP contribution in [0.1, 0.15) is 46.3 Å². The van der Waals surface area contributed by atoms with Crippen LogP contribution in [0, 0.1) is 0 Å². The quantitative estimate of drug-likeness (QED) is 0.319. The fourth-order valence-electron chi connectivity index (χ4n) is 4.17. The molecule has 0 aromatic heterocycles. The van der Waals surface area contributed by atoms with Crippen molar-refractivity contribution in [2.75, 3.05) is 13.6 Å². The molecule has 0 bridgehead atoms. The number of amides is 3. The monoisotopic (exact) mass is 641 g/mol. The Labute approximate surface area is 247 Å². The van der Waals surface area contributed by atoms with Crippen LogP contribution < -0.4 is 10.6 Å². The summed E-state index contributed by atoms with van der Waals surface area (Å²) in [6, 6.07) is 3.31. The Hall–Kier alpha value is -3.29. The predicted molar refractivity (Wildman–Crippen MR) is 144 cm³/mol. The number of halogens is 8. The minimum Gasteiger partial charge on any atom is -0.412 e. The van der Waals surface area contributed by atoms with Gasteiger partial charge in [0, 0.05) is 25.2 Å². The molecule has 0 aliphatic carbocycles. The second kappa shape index (κ2) is 14.3. The van der Waals surface area contributed by atoms with E-state index in [2.05, 4.69) is 10.6 Å². The Morgan fingerprint density at radius 2 is 1.64 bits per heavy atom. The number of nitrogens with zero attached hydrogens (tertiary/aromatic N) is 1. The summed E-state index contributed by atoms with van der Waals surface area (Å²) >= 11 is 12.0. The molecule has 1 aliphatic rings. The van der Waals surface area contributed by atoms with Crippen molar-refractivity contribution < 1.29 is 46.2 Å². The zero-order chi connectivity index (χ0) is 30.5. The van der Waals surface area contributed by atoms with Crippen LogP contribution in [0.4, 0.5) is 26.3 Å². The largest absolute Gasteiger partial charge is 0.416 e. The molecule has 2 aromatic carbocycles. The zero-order valence-corrected chi connectivity index (χ0v) is 23.5. The van der Waals surface area contributed by atoms with Crippen LogP contribution in [0.3, 0.4) is 0 Å². The van der Waals surface area contributed by atoms with E-state index in [-0.39, 0.29) is 33.9 Å². The van der Waals surface area contributed by atoms with Crippen molar-refractivity contribution in [3.8, 4) is 0 Å². The Kier molecular flexibility index (Phi) is 11.8. The van der Waals surface area contributed by atoms with E-state index < -0.39 is 52.9 Å². The van der Waals surface area contributed by atoms with E-state index in [1.807, 2.05) is 0 Å². The van der Waals surface area contributed by atoms with E-state index in [0.717, 1.165) is 17.4 Å². The number of carbonyl (C=O) groups is 3. The molecule has 0 unspecified atom stereocenters. The van der Waals surface area contributed by atoms with Gasteiger partial charge in [0.05, 0.1) is 27.2 Å². The molecule has 3 rings (SSSR count). The van der Waals surface area contributed by atoms with Crippen molar-refractivity contribution in [2.45, 2.75) is 50.1 Å². The lowest BCUT2D eigenvalue weighted by Crippen LogP contribution is -2.45. The molecule has 7 nitrogen and oxygen atoms in total. The number of carbonyl (C=O) groups excluding carboxylic acids is 3. The van der Waals surface area contributed by atoms with Gasteiger partial charge < -0.3 is 21.0 Å². The Morgan fingerprint density at radius 1 is 1.02 bits per heavy atom. The summed E-state index contributed by atoms with van der Waals surface area (Å²) in [5.41, 5.74) is -3.61. The first-order valence-corrected chi connectivity index (χ1v) is 13.1. The number of benzene rings is 2. The highest BCUT2D eigenvalue weighted by molar-refractivity contribution is 6.42. The SMILES string of the molecule is CN(C(=O)c1cc(C(F)(F)F)cc(C(F)(F)F)c1)[C@@H](/C=C/C(=O)N[C@@H]1CCCCNC1=O)Cc1ccc(Cl)c(Cl)c1.O. The van der Waals surface area contributed by atoms with Gasteiger partial charge in [0.15, 0.2) is 0 Å². The highest BCUT2D eigenvalue weighted by Crippen LogP contribution is 2.36. The Morgan fingerprint density at radius 3 is 2.21 bits per heavy atom. The molecule has 15 heteroatoms. The molecule has 0 saturated carbocycles. The van der Waals surface area contributed by atoms with Crippen molar-refractivity contribution in [3.63, 3.8) is 0 Å². The third-order valence-electron chi connectivity index (χ3n) is 6.40. The molecule has 3 amide bonds. The summed E-state index contributed by atoms with van der Waals surface area (Å²) < 4.78 is 80.2. The Bertz CT molecular complexity index is 1300. The summed E-state index contributed by atoms with van der Waals surface area (Å²) in [5.74, 6) is -2.18. The van der Waals surface area contributed by atoms with Crippen LogP contribution in [0.15, 0.2) is 48.6 Å². The van der Waals surface area contributed by atoms with Crippen LogP contribution in [0.25, 0.3) is 0 Å². The number of likely N-dealkylation sites (N-methyl/N-ethyl adjacent to an activating group) is 1. The van der Waals surface area contributed by atoms with Gasteiger partial charge in [0.2, 0.25) is 11.8 Å². The molecule has 1 heterocycles. The van der Waals surface area contributed by atoms with Gasteiger partial charge in [-0.1, -0.05) is 35.3 Å². The van der Waals surface area contributed by atoms with Crippen LogP contribution in [0.5, 0.6) is 0 Å². The minimum absolute atomic E-state index is 0. The highest BCUT2D eigenvalue weighted by Gasteiger charge is 2.38. The molecule has 1 aliphatic heterocycles. The summed E-state index contributed by atoms with van der Waals surface area (Å²) in [6.07, 6.45) is -6.14. The summed E-state index contributed by atoms with van der Waals surface area (Å²) in [7, 11) is 1.18. The van der Waals surface area contributed by atoms with Gasteiger partial charge in [0.1, 0.15) is 6.04 Å². The van der Waals surface area contributed by atoms with E-state index in [1.54, 1.807) is 6.07 Å². The molecule has 1 fully saturated rings. The number of hydrogen-bond donors (Lipinski definition) is 2. The topological polar surface area (TPSA) is 110 Å². The van der Waals surface area contributed by atoms with Crippen molar-refractivity contribution >= 4 is 40.9 Å². The van der Waals surface area contributed by atoms with E-state index in [0.29, 0.717) is 37.1 Å². The third-order valence-corrected chi connectivity index (χ3v) is 7.14. The maximum absolute atomic E-state index is 13.4. The van der Waals surface area contributed by atoms with Crippen LogP contribution >= 0.6 is 23.2 Å². The first kappa shape index (κ1) is 34.9. The fraction of sp³-hybridized carbons (Fsp3) is 0.370. The van der Waals surface area contributed by atoms with E-state index in [9.17, 15) is 40.7 Å². The molecular formula is C27H27Cl2F6N3O4. The standard InChI is InChI=1S/C27H25Cl2F6N3O3.H2O/c1-38(25(41)16-12-17(26(30,31)32)14-18(13-16)27(33,34)35)19(10-15-5-7-20(28)21(29)11-15)6-8-23(39)37-22-4-2-3-9-36-24(22)40;/h5-8,11-14,19,22H,2-4,9-10H2,1H3,(H,36,40)(H,37,39);1H2/b8-6+;/t19-,22+;/m0./s1. The normalized spacial score (nSPS) is 16.7. The van der Waals surface area contributed by atoms with Crippen LogP contribution in [-0.2, 0) is 28.4 Å². The van der Waals surface area contributed by atoms with Gasteiger partial charge >= 0.3 is 12.4 Å². The summed E-state index contributed by atoms with van der Waals surface area (Å²) in [4.78, 5) is 39.0. The van der Waals surface area contributed by atoms with Crippen molar-refractivity contribution in [1.82, 2.24) is 15.5 Å². The first-order valence-electron chi connectivity index (χ1n) is 12.3. The average Bonchev–Trinajstić information content (AvgIpc) is 3.10. The molecule has 0 radical (unpaired) electrons. The smallest absolute Gasteiger partial charge is 0.412 e. The summed E-state index contributed by atoms with van der Waals surface area (Å²) in [5, 5.41) is 5.64. The van der Waals surface area contributed by atoms with E-state index in [1.165, 1.54) is 25.3 Å². The molecule has 4 N–H and O–H groups in total. The predicted octanol–water partition coefficient (Wildman–Crippen LogP) is 5.23. The fourth-order valence-corrected chi connectivity index (χ4v) is 4.49. The molecule has 42 heavy (non-hydrogen) atoms. The van der Waals surface area contributed by atoms with Crippen molar-refractivity contribution in [1.29, 1.82) is 0 Å². The maximum atomic E-state index is 13.4. The van der Waals surface area contributed by atoms with Crippen LogP contribution in [-0.4, -0.2) is 53.8 Å². The van der Waals surface area contributed by atoms with Gasteiger partial charge in [-0.05, 0) is 61.6 Å². The van der Waals surface area contributed by atoms with Gasteiger partial charge in [-0.2, -0.15) is 26.3 Å². The van der Waals surface area contributed by atoms with Gasteiger partial charge in [0.25, 0.3) is 5.91 Å². The first-order chi connectivity index (χ1) is 19.1. The van der Waals surface area contributed by atoms with Gasteiger partial charge in [-0.15, -0.1) is 0 Å². The minimum atomic E-state index is -5.14. The maximum Gasteiger partial charge on any atom is 0.416 e.